The van der Waals surface area contributed by atoms with E-state index in [4.69, 9.17) is 9.47 Å². The molecule has 0 aliphatic carbocycles. The van der Waals surface area contributed by atoms with Gasteiger partial charge >= 0.3 is 0 Å². The number of ether oxygens (including phenoxy) is 2. The second-order valence-corrected chi connectivity index (χ2v) is 5.28. The van der Waals surface area contributed by atoms with Crippen LogP contribution < -0.4 is 4.74 Å². The smallest absolute Gasteiger partial charge is 0.224 e. The van der Waals surface area contributed by atoms with Crippen LogP contribution in [0.15, 0.2) is 41.8 Å². The number of amides is 1. The van der Waals surface area contributed by atoms with Gasteiger partial charge in [-0.3, -0.25) is 4.79 Å². The molecule has 7 heteroatoms. The minimum atomic E-state index is -0.128. The van der Waals surface area contributed by atoms with E-state index in [0.29, 0.717) is 18.2 Å². The normalized spacial score (nSPS) is 10.9. The van der Waals surface area contributed by atoms with Gasteiger partial charge in [-0.1, -0.05) is 19.4 Å². The van der Waals surface area contributed by atoms with Gasteiger partial charge in [-0.05, 0) is 26.6 Å². The largest absolute Gasteiger partial charge is 0.477 e. The third-order valence-corrected chi connectivity index (χ3v) is 3.43. The lowest BCUT2D eigenvalue weighted by Crippen LogP contribution is -2.30. The highest BCUT2D eigenvalue weighted by Crippen LogP contribution is 2.19. The molecule has 0 aromatic carbocycles. The first-order valence-corrected chi connectivity index (χ1v) is 8.16. The number of hydrogen-bond donors (Lipinski definition) is 0. The van der Waals surface area contributed by atoms with Crippen molar-refractivity contribution in [3.63, 3.8) is 0 Å². The highest BCUT2D eigenvalue weighted by Gasteiger charge is 2.18. The number of nitrogens with zero attached hydrogens (tertiary/aromatic N) is 4. The van der Waals surface area contributed by atoms with Gasteiger partial charge in [0.2, 0.25) is 17.7 Å². The quantitative estimate of drug-likeness (QED) is 0.349. The van der Waals surface area contributed by atoms with Crippen LogP contribution in [0.2, 0.25) is 0 Å². The predicted molar refractivity (Wildman–Crippen MR) is 97.1 cm³/mol. The zero-order chi connectivity index (χ0) is 18.7. The molecule has 1 amide bonds. The molecule has 1 rings (SSSR count). The molecule has 1 aromatic rings. The number of aromatic nitrogens is 2. The minimum Gasteiger partial charge on any atom is -0.477 e. The molecule has 0 spiro atoms. The molecule has 0 radical (unpaired) electrons. The monoisotopic (exact) mass is 346 g/mol. The van der Waals surface area contributed by atoms with E-state index >= 15 is 0 Å². The molecule has 0 fully saturated rings. The van der Waals surface area contributed by atoms with Gasteiger partial charge in [-0.2, -0.15) is 0 Å². The summed E-state index contributed by atoms with van der Waals surface area (Å²) in [4.78, 5) is 25.5. The zero-order valence-electron chi connectivity index (χ0n) is 15.2. The lowest BCUT2D eigenvalue weighted by molar-refractivity contribution is -0.127. The summed E-state index contributed by atoms with van der Waals surface area (Å²) >= 11 is 0. The van der Waals surface area contributed by atoms with Gasteiger partial charge in [0.1, 0.15) is 12.9 Å². The Hall–Kier alpha value is -2.70. The van der Waals surface area contributed by atoms with Crippen molar-refractivity contribution in [1.29, 1.82) is 0 Å². The Morgan fingerprint density at radius 3 is 2.84 bits per heavy atom. The molecule has 1 aromatic heterocycles. The van der Waals surface area contributed by atoms with E-state index in [1.165, 1.54) is 13.3 Å². The maximum Gasteiger partial charge on any atom is 0.224 e. The third-order valence-electron chi connectivity index (χ3n) is 3.43. The molecule has 0 saturated heterocycles. The number of carbonyl (C=O) groups excluding carboxylic acids is 1. The van der Waals surface area contributed by atoms with Crippen molar-refractivity contribution in [1.82, 2.24) is 14.9 Å². The van der Waals surface area contributed by atoms with Crippen LogP contribution in [0, 0.1) is 0 Å². The average molecular weight is 346 g/mol. The van der Waals surface area contributed by atoms with Gasteiger partial charge in [0.05, 0.1) is 24.4 Å². The topological polar surface area (TPSA) is 76.9 Å². The van der Waals surface area contributed by atoms with Crippen molar-refractivity contribution in [2.75, 3.05) is 13.2 Å². The summed E-state index contributed by atoms with van der Waals surface area (Å²) in [6.07, 6.45) is 6.86. The molecular formula is C18H26N4O3. The van der Waals surface area contributed by atoms with Crippen LogP contribution in [0.25, 0.3) is 0 Å². The van der Waals surface area contributed by atoms with Crippen LogP contribution >= 0.6 is 0 Å². The van der Waals surface area contributed by atoms with Crippen molar-refractivity contribution >= 4 is 12.6 Å². The number of rotatable bonds is 11. The minimum absolute atomic E-state index is 0.128. The van der Waals surface area contributed by atoms with E-state index in [0.717, 1.165) is 18.4 Å². The molecule has 0 N–H and O–H groups in total. The van der Waals surface area contributed by atoms with Crippen LogP contribution in [0.4, 0.5) is 0 Å². The predicted octanol–water partition coefficient (Wildman–Crippen LogP) is 3.10. The second-order valence-electron chi connectivity index (χ2n) is 5.28. The number of unbranched alkanes of at least 4 members (excludes halogenated alkanes) is 1. The number of aliphatic imine (C=N–C) groups is 1. The summed E-state index contributed by atoms with van der Waals surface area (Å²) in [7, 11) is 0. The molecule has 0 bridgehead atoms. The van der Waals surface area contributed by atoms with Crippen molar-refractivity contribution in [3.05, 3.63) is 42.3 Å². The van der Waals surface area contributed by atoms with Crippen LogP contribution in [0.1, 0.15) is 39.2 Å². The van der Waals surface area contributed by atoms with E-state index < -0.39 is 0 Å². The van der Waals surface area contributed by atoms with Crippen LogP contribution in [-0.4, -0.2) is 40.7 Å². The highest BCUT2D eigenvalue weighted by atomic mass is 16.5. The molecule has 25 heavy (non-hydrogen) atoms. The Bertz CT molecular complexity index is 629. The summed E-state index contributed by atoms with van der Waals surface area (Å²) in [6.45, 7) is 13.4. The molecule has 1 heterocycles. The summed E-state index contributed by atoms with van der Waals surface area (Å²) in [5.74, 6) is 0.565. The number of allylic oxidation sites excluding steroid dienone is 1. The Labute approximate surface area is 149 Å². The molecular weight excluding hydrogens is 320 g/mol. The summed E-state index contributed by atoms with van der Waals surface area (Å²) < 4.78 is 11.1. The molecule has 0 aliphatic rings. The molecule has 0 unspecified atom stereocenters. The van der Waals surface area contributed by atoms with E-state index in [1.807, 2.05) is 6.92 Å². The maximum absolute atomic E-state index is 12.1. The van der Waals surface area contributed by atoms with Crippen molar-refractivity contribution in [2.24, 2.45) is 4.99 Å². The first kappa shape index (κ1) is 20.3. The van der Waals surface area contributed by atoms with Gasteiger partial charge in [-0.15, -0.1) is 0 Å². The molecule has 7 nitrogen and oxygen atoms in total. The van der Waals surface area contributed by atoms with Gasteiger partial charge in [0.15, 0.2) is 0 Å². The maximum atomic E-state index is 12.1. The number of carbonyl (C=O) groups is 1. The fourth-order valence-corrected chi connectivity index (χ4v) is 2.00. The van der Waals surface area contributed by atoms with E-state index in [-0.39, 0.29) is 24.9 Å². The van der Waals surface area contributed by atoms with Gasteiger partial charge < -0.3 is 14.4 Å². The summed E-state index contributed by atoms with van der Waals surface area (Å²) in [5, 5.41) is 0. The molecule has 0 atom stereocenters. The Kier molecular flexibility index (Phi) is 8.92. The first-order chi connectivity index (χ1) is 12.0. The Morgan fingerprint density at radius 1 is 1.48 bits per heavy atom. The standard InChI is InChI=1S/C18H26N4O3/c1-6-8-9-24-18-16(10-20-13-21-18)11-22(15(4)23)17(7-2)12-25-14(3)19-5/h7,10,13H,3,5-6,8-9,11-12H2,1-2,4H3. The van der Waals surface area contributed by atoms with Crippen LogP contribution in [-0.2, 0) is 16.1 Å². The van der Waals surface area contributed by atoms with Gasteiger partial charge in [-0.25, -0.2) is 15.0 Å². The van der Waals surface area contributed by atoms with Crippen molar-refractivity contribution in [3.8, 4) is 5.88 Å². The SMILES string of the molecule is C=NC(=C)OCC(=CC)N(Cc1cncnc1OCCCC)C(C)=O. The lowest BCUT2D eigenvalue weighted by Gasteiger charge is -2.24. The van der Waals surface area contributed by atoms with E-state index in [2.05, 4.69) is 35.2 Å². The molecule has 0 aliphatic heterocycles. The van der Waals surface area contributed by atoms with Crippen molar-refractivity contribution < 1.29 is 14.3 Å². The third kappa shape index (κ3) is 6.74. The van der Waals surface area contributed by atoms with Crippen LogP contribution in [0.3, 0.4) is 0 Å². The zero-order valence-corrected chi connectivity index (χ0v) is 15.2. The van der Waals surface area contributed by atoms with Gasteiger partial charge in [0.25, 0.3) is 0 Å². The van der Waals surface area contributed by atoms with E-state index in [1.54, 1.807) is 17.2 Å². The molecule has 0 saturated carbocycles. The number of hydrogen-bond acceptors (Lipinski definition) is 6. The Morgan fingerprint density at radius 2 is 2.24 bits per heavy atom. The lowest BCUT2D eigenvalue weighted by atomic mass is 10.2. The van der Waals surface area contributed by atoms with E-state index in [9.17, 15) is 4.79 Å². The first-order valence-electron chi connectivity index (χ1n) is 8.16. The van der Waals surface area contributed by atoms with Crippen molar-refractivity contribution in [2.45, 2.75) is 40.2 Å². The summed E-state index contributed by atoms with van der Waals surface area (Å²) in [6, 6.07) is 0. The fourth-order valence-electron chi connectivity index (χ4n) is 2.00. The Balaban J connectivity index is 2.92. The average Bonchev–Trinajstić information content (AvgIpc) is 2.62. The summed E-state index contributed by atoms with van der Waals surface area (Å²) in [5.41, 5.74) is 1.41. The highest BCUT2D eigenvalue weighted by molar-refractivity contribution is 5.75. The second kappa shape index (κ2) is 11.0. The van der Waals surface area contributed by atoms with Crippen LogP contribution in [0.5, 0.6) is 5.88 Å². The van der Waals surface area contributed by atoms with Gasteiger partial charge in [0, 0.05) is 13.1 Å². The fraction of sp³-hybridized carbons (Fsp3) is 0.444. The molecule has 136 valence electrons.